The van der Waals surface area contributed by atoms with E-state index in [1.165, 1.54) is 24.9 Å². The summed E-state index contributed by atoms with van der Waals surface area (Å²) in [5.41, 5.74) is 0.898. The van der Waals surface area contributed by atoms with Crippen LogP contribution in [0.2, 0.25) is 5.02 Å². The summed E-state index contributed by atoms with van der Waals surface area (Å²) >= 11 is 7.21. The van der Waals surface area contributed by atoms with Crippen molar-refractivity contribution >= 4 is 35.2 Å². The van der Waals surface area contributed by atoms with E-state index in [2.05, 4.69) is 15.3 Å². The third-order valence-corrected chi connectivity index (χ3v) is 4.25. The number of rotatable bonds is 6. The van der Waals surface area contributed by atoms with Gasteiger partial charge in [-0.1, -0.05) is 53.7 Å². The smallest absolute Gasteiger partial charge is 0.359 e. The number of carbonyl (C=O) groups excluding carboxylic acids is 2. The Labute approximate surface area is 155 Å². The molecule has 0 aliphatic heterocycles. The maximum atomic E-state index is 12.2. The molecule has 1 aromatic heterocycles. The first-order valence-electron chi connectivity index (χ1n) is 7.55. The molecule has 0 bridgehead atoms. The van der Waals surface area contributed by atoms with Crippen molar-refractivity contribution in [3.05, 3.63) is 52.8 Å². The van der Waals surface area contributed by atoms with Gasteiger partial charge in [0.1, 0.15) is 0 Å². The maximum Gasteiger partial charge on any atom is 0.359 e. The Balaban J connectivity index is 2.00. The average Bonchev–Trinajstić information content (AvgIpc) is 2.62. The molecule has 6 nitrogen and oxygen atoms in total. The molecule has 2 aromatic rings. The predicted molar refractivity (Wildman–Crippen MR) is 96.7 cm³/mol. The minimum absolute atomic E-state index is 0.0585. The number of nitrogens with one attached hydrogen (secondary N) is 1. The van der Waals surface area contributed by atoms with E-state index >= 15 is 0 Å². The van der Waals surface area contributed by atoms with Gasteiger partial charge in [0.25, 0.3) is 5.91 Å². The third-order valence-electron chi connectivity index (χ3n) is 3.41. The highest BCUT2D eigenvalue weighted by Gasteiger charge is 2.23. The highest BCUT2D eigenvalue weighted by molar-refractivity contribution is 7.98. The van der Waals surface area contributed by atoms with E-state index in [1.54, 1.807) is 6.26 Å². The Morgan fingerprint density at radius 3 is 2.56 bits per heavy atom. The monoisotopic (exact) mass is 379 g/mol. The summed E-state index contributed by atoms with van der Waals surface area (Å²) < 4.78 is 5.18. The Bertz CT molecular complexity index is 758. The summed E-state index contributed by atoms with van der Waals surface area (Å²) in [5.74, 6) is -1.17. The number of nitrogens with zero attached hydrogens (tertiary/aromatic N) is 2. The number of halogens is 1. The minimum atomic E-state index is -0.984. The molecule has 0 fully saturated rings. The van der Waals surface area contributed by atoms with Gasteiger partial charge >= 0.3 is 5.97 Å². The van der Waals surface area contributed by atoms with Crippen molar-refractivity contribution < 1.29 is 14.3 Å². The van der Waals surface area contributed by atoms with Gasteiger partial charge < -0.3 is 10.1 Å². The van der Waals surface area contributed by atoms with Gasteiger partial charge in [-0.05, 0) is 25.7 Å². The summed E-state index contributed by atoms with van der Waals surface area (Å²) in [6, 6.07) is 9.29. The molecular weight excluding hydrogens is 362 g/mol. The minimum Gasteiger partial charge on any atom is -0.448 e. The number of carbonyl (C=O) groups is 2. The standard InChI is InChI=1S/C17H18ClN3O3S/c1-10(12-7-5-4-6-8-12)20-15(22)11(2)24-16(23)14-13(18)9-19-17(21-14)25-3/h4-11H,1-3H3,(H,20,22). The van der Waals surface area contributed by atoms with Crippen LogP contribution in [0, 0.1) is 0 Å². The first-order chi connectivity index (χ1) is 11.9. The van der Waals surface area contributed by atoms with Crippen molar-refractivity contribution in [3.63, 3.8) is 0 Å². The van der Waals surface area contributed by atoms with Crippen LogP contribution in [0.25, 0.3) is 0 Å². The first kappa shape index (κ1) is 19.2. The zero-order chi connectivity index (χ0) is 18.4. The fourth-order valence-electron chi connectivity index (χ4n) is 2.02. The highest BCUT2D eigenvalue weighted by atomic mass is 35.5. The zero-order valence-electron chi connectivity index (χ0n) is 14.0. The van der Waals surface area contributed by atoms with Crippen molar-refractivity contribution in [2.45, 2.75) is 31.1 Å². The van der Waals surface area contributed by atoms with E-state index in [4.69, 9.17) is 16.3 Å². The van der Waals surface area contributed by atoms with Gasteiger partial charge in [0, 0.05) is 0 Å². The summed E-state index contributed by atoms with van der Waals surface area (Å²) in [6.07, 6.45) is 2.13. The second-order valence-electron chi connectivity index (χ2n) is 5.24. The van der Waals surface area contributed by atoms with Crippen LogP contribution in [-0.2, 0) is 9.53 Å². The number of aromatic nitrogens is 2. The van der Waals surface area contributed by atoms with Crippen molar-refractivity contribution in [1.82, 2.24) is 15.3 Å². The van der Waals surface area contributed by atoms with Crippen molar-refractivity contribution in [2.24, 2.45) is 0 Å². The van der Waals surface area contributed by atoms with Crippen LogP contribution < -0.4 is 5.32 Å². The van der Waals surface area contributed by atoms with Crippen LogP contribution in [-0.4, -0.2) is 34.2 Å². The molecule has 1 heterocycles. The molecule has 1 aromatic carbocycles. The lowest BCUT2D eigenvalue weighted by molar-refractivity contribution is -0.129. The van der Waals surface area contributed by atoms with Gasteiger partial charge in [-0.2, -0.15) is 0 Å². The molecule has 1 N–H and O–H groups in total. The zero-order valence-corrected chi connectivity index (χ0v) is 15.6. The summed E-state index contributed by atoms with van der Waals surface area (Å²) in [4.78, 5) is 32.4. The Hall–Kier alpha value is -2.12. The number of ether oxygens (including phenoxy) is 1. The van der Waals surface area contributed by atoms with Crippen LogP contribution in [0.4, 0.5) is 0 Å². The SMILES string of the molecule is CSc1ncc(Cl)c(C(=O)OC(C)C(=O)NC(C)c2ccccc2)n1. The van der Waals surface area contributed by atoms with Gasteiger partial charge in [-0.3, -0.25) is 4.79 Å². The maximum absolute atomic E-state index is 12.2. The molecule has 8 heteroatoms. The number of amides is 1. The number of hydrogen-bond acceptors (Lipinski definition) is 6. The van der Waals surface area contributed by atoms with Gasteiger partial charge in [0.15, 0.2) is 17.0 Å². The molecule has 2 rings (SSSR count). The Morgan fingerprint density at radius 1 is 1.24 bits per heavy atom. The molecule has 0 saturated carbocycles. The van der Waals surface area contributed by atoms with Crippen LogP contribution >= 0.6 is 23.4 Å². The van der Waals surface area contributed by atoms with E-state index in [1.807, 2.05) is 37.3 Å². The van der Waals surface area contributed by atoms with Crippen LogP contribution in [0.1, 0.15) is 35.9 Å². The van der Waals surface area contributed by atoms with Crippen molar-refractivity contribution in [3.8, 4) is 0 Å². The molecule has 1 amide bonds. The van der Waals surface area contributed by atoms with Crippen molar-refractivity contribution in [1.29, 1.82) is 0 Å². The van der Waals surface area contributed by atoms with Crippen molar-refractivity contribution in [2.75, 3.05) is 6.26 Å². The number of benzene rings is 1. The molecule has 25 heavy (non-hydrogen) atoms. The summed E-state index contributed by atoms with van der Waals surface area (Å²) in [6.45, 7) is 3.35. The normalized spacial score (nSPS) is 13.0. The first-order valence-corrected chi connectivity index (χ1v) is 9.15. The predicted octanol–water partition coefficient (Wildman–Crippen LogP) is 3.27. The quantitative estimate of drug-likeness (QED) is 0.471. The molecular formula is C17H18ClN3O3S. The molecule has 2 unspecified atom stereocenters. The molecule has 0 radical (unpaired) electrons. The Morgan fingerprint density at radius 2 is 1.92 bits per heavy atom. The lowest BCUT2D eigenvalue weighted by Gasteiger charge is -2.18. The van der Waals surface area contributed by atoms with Crippen LogP contribution in [0.3, 0.4) is 0 Å². The fourth-order valence-corrected chi connectivity index (χ4v) is 2.53. The molecule has 132 valence electrons. The lowest BCUT2D eigenvalue weighted by atomic mass is 10.1. The van der Waals surface area contributed by atoms with Gasteiger partial charge in [0.2, 0.25) is 0 Å². The number of thioether (sulfide) groups is 1. The van der Waals surface area contributed by atoms with E-state index in [-0.39, 0.29) is 16.8 Å². The van der Waals surface area contributed by atoms with Gasteiger partial charge in [-0.15, -0.1) is 0 Å². The number of esters is 1. The summed E-state index contributed by atoms with van der Waals surface area (Å²) in [5, 5.41) is 3.28. The molecule has 0 aliphatic rings. The average molecular weight is 380 g/mol. The molecule has 0 aliphatic carbocycles. The van der Waals surface area contributed by atoms with Gasteiger partial charge in [-0.25, -0.2) is 14.8 Å². The second-order valence-corrected chi connectivity index (χ2v) is 6.42. The second kappa shape index (κ2) is 8.82. The Kier molecular flexibility index (Phi) is 6.78. The summed E-state index contributed by atoms with van der Waals surface area (Å²) in [7, 11) is 0. The molecule has 2 atom stereocenters. The highest BCUT2D eigenvalue weighted by Crippen LogP contribution is 2.18. The largest absolute Gasteiger partial charge is 0.448 e. The number of hydrogen-bond donors (Lipinski definition) is 1. The van der Waals surface area contributed by atoms with E-state index in [9.17, 15) is 9.59 Å². The van der Waals surface area contributed by atoms with E-state index in [0.29, 0.717) is 5.16 Å². The molecule has 0 saturated heterocycles. The molecule has 0 spiro atoms. The van der Waals surface area contributed by atoms with E-state index < -0.39 is 18.0 Å². The van der Waals surface area contributed by atoms with E-state index in [0.717, 1.165) is 5.56 Å². The third kappa shape index (κ3) is 5.17. The fraction of sp³-hybridized carbons (Fsp3) is 0.294. The van der Waals surface area contributed by atoms with Crippen LogP contribution in [0.5, 0.6) is 0 Å². The van der Waals surface area contributed by atoms with Gasteiger partial charge in [0.05, 0.1) is 17.3 Å². The topological polar surface area (TPSA) is 81.2 Å². The lowest BCUT2D eigenvalue weighted by Crippen LogP contribution is -2.37. The van der Waals surface area contributed by atoms with Crippen LogP contribution in [0.15, 0.2) is 41.7 Å².